The molecule has 2 aromatic rings. The molecule has 1 unspecified atom stereocenters. The van der Waals surface area contributed by atoms with Crippen molar-refractivity contribution < 1.29 is 19.5 Å². The predicted molar refractivity (Wildman–Crippen MR) is 104 cm³/mol. The van der Waals surface area contributed by atoms with Crippen molar-refractivity contribution in [3.05, 3.63) is 46.8 Å². The molecule has 0 spiro atoms. The molecule has 1 aromatic heterocycles. The van der Waals surface area contributed by atoms with Gasteiger partial charge in [0.25, 0.3) is 5.91 Å². The molecule has 0 saturated carbocycles. The largest absolute Gasteiger partial charge is 0.480 e. The van der Waals surface area contributed by atoms with Crippen LogP contribution in [0.2, 0.25) is 0 Å². The van der Waals surface area contributed by atoms with Gasteiger partial charge < -0.3 is 15.3 Å². The number of aliphatic carboxylic acids is 1. The molecule has 1 fully saturated rings. The minimum Gasteiger partial charge on any atom is -0.480 e. The number of carboxylic acids is 1. The molecule has 29 heavy (non-hydrogen) atoms. The Kier molecular flexibility index (Phi) is 6.26. The summed E-state index contributed by atoms with van der Waals surface area (Å²) < 4.78 is 1.20. The van der Waals surface area contributed by atoms with E-state index in [1.54, 1.807) is 4.90 Å². The van der Waals surface area contributed by atoms with Gasteiger partial charge in [0.1, 0.15) is 12.2 Å². The normalized spacial score (nSPS) is 16.5. The molecule has 1 atom stereocenters. The average Bonchev–Trinajstić information content (AvgIpc) is 3.11. The van der Waals surface area contributed by atoms with Crippen molar-refractivity contribution in [2.45, 2.75) is 39.8 Å². The number of piperidine rings is 1. The van der Waals surface area contributed by atoms with E-state index in [1.165, 1.54) is 10.9 Å². The van der Waals surface area contributed by atoms with Gasteiger partial charge in [0, 0.05) is 18.7 Å². The summed E-state index contributed by atoms with van der Waals surface area (Å²) in [6.07, 6.45) is 2.97. The van der Waals surface area contributed by atoms with Crippen LogP contribution in [0.15, 0.2) is 24.4 Å². The minimum atomic E-state index is -1.01. The first-order valence-corrected chi connectivity index (χ1v) is 9.58. The van der Waals surface area contributed by atoms with Gasteiger partial charge in [0.2, 0.25) is 5.91 Å². The van der Waals surface area contributed by atoms with Gasteiger partial charge in [-0.1, -0.05) is 22.4 Å². The van der Waals surface area contributed by atoms with Crippen LogP contribution in [0, 0.1) is 19.8 Å². The summed E-state index contributed by atoms with van der Waals surface area (Å²) in [5, 5.41) is 19.1. The second-order valence-electron chi connectivity index (χ2n) is 7.49. The second-order valence-corrected chi connectivity index (χ2v) is 7.49. The van der Waals surface area contributed by atoms with E-state index in [-0.39, 0.29) is 30.8 Å². The lowest BCUT2D eigenvalue weighted by Crippen LogP contribution is -2.45. The summed E-state index contributed by atoms with van der Waals surface area (Å²) in [5.41, 5.74) is 3.21. The van der Waals surface area contributed by atoms with Gasteiger partial charge in [-0.15, -0.1) is 5.10 Å². The number of carbonyl (C=O) groups is 3. The van der Waals surface area contributed by atoms with E-state index in [1.807, 2.05) is 32.0 Å². The van der Waals surface area contributed by atoms with Crippen LogP contribution in [0.3, 0.4) is 0 Å². The highest BCUT2D eigenvalue weighted by Crippen LogP contribution is 2.20. The average molecular weight is 399 g/mol. The van der Waals surface area contributed by atoms with E-state index < -0.39 is 5.97 Å². The predicted octanol–water partition coefficient (Wildman–Crippen LogP) is 1.15. The fourth-order valence-corrected chi connectivity index (χ4v) is 3.61. The molecule has 9 heteroatoms. The fraction of sp³-hybridized carbons (Fsp3) is 0.450. The molecule has 1 aromatic carbocycles. The van der Waals surface area contributed by atoms with Crippen molar-refractivity contribution in [3.8, 4) is 0 Å². The lowest BCUT2D eigenvalue weighted by molar-refractivity contribution is -0.138. The molecule has 9 nitrogen and oxygen atoms in total. The minimum absolute atomic E-state index is 0.0501. The highest BCUT2D eigenvalue weighted by Gasteiger charge is 2.29. The molecule has 1 aliphatic rings. The summed E-state index contributed by atoms with van der Waals surface area (Å²) in [5.74, 6) is -1.49. The number of rotatable bonds is 6. The van der Waals surface area contributed by atoms with E-state index >= 15 is 0 Å². The SMILES string of the molecule is Cc1cc(C)cc(C(=O)N2CCCC(C(=O)NCc3cn(CC(=O)O)nn3)C2)c1. The van der Waals surface area contributed by atoms with Crippen LogP contribution >= 0.6 is 0 Å². The number of benzene rings is 1. The maximum Gasteiger partial charge on any atom is 0.325 e. The van der Waals surface area contributed by atoms with Crippen molar-refractivity contribution in [2.24, 2.45) is 5.92 Å². The van der Waals surface area contributed by atoms with Crippen LogP contribution < -0.4 is 5.32 Å². The van der Waals surface area contributed by atoms with E-state index in [4.69, 9.17) is 5.11 Å². The Bertz CT molecular complexity index is 903. The van der Waals surface area contributed by atoms with E-state index in [0.717, 1.165) is 17.5 Å². The smallest absolute Gasteiger partial charge is 0.325 e. The number of amides is 2. The van der Waals surface area contributed by atoms with Crippen LogP contribution in [0.4, 0.5) is 0 Å². The molecule has 3 rings (SSSR count). The fourth-order valence-electron chi connectivity index (χ4n) is 3.61. The van der Waals surface area contributed by atoms with Gasteiger partial charge in [-0.05, 0) is 38.8 Å². The molecule has 2 heterocycles. The first kappa shape index (κ1) is 20.5. The number of nitrogens with one attached hydrogen (secondary N) is 1. The zero-order valence-corrected chi connectivity index (χ0v) is 16.6. The standard InChI is InChI=1S/C20H25N5O4/c1-13-6-14(2)8-16(7-13)20(29)24-5-3-4-15(10-24)19(28)21-9-17-11-25(23-22-17)12-18(26)27/h6-8,11,15H,3-5,9-10,12H2,1-2H3,(H,21,28)(H,26,27). The Labute approximate surface area is 168 Å². The quantitative estimate of drug-likeness (QED) is 0.752. The Hall–Kier alpha value is -3.23. The van der Waals surface area contributed by atoms with E-state index in [9.17, 15) is 14.4 Å². The zero-order valence-electron chi connectivity index (χ0n) is 16.6. The Morgan fingerprint density at radius 3 is 2.62 bits per heavy atom. The van der Waals surface area contributed by atoms with Gasteiger partial charge in [0.15, 0.2) is 0 Å². The summed E-state index contributed by atoms with van der Waals surface area (Å²) in [7, 11) is 0. The molecule has 0 radical (unpaired) electrons. The van der Waals surface area contributed by atoms with Gasteiger partial charge in [0.05, 0.1) is 18.7 Å². The van der Waals surface area contributed by atoms with E-state index in [2.05, 4.69) is 15.6 Å². The number of hydrogen-bond acceptors (Lipinski definition) is 5. The Morgan fingerprint density at radius 1 is 1.21 bits per heavy atom. The number of hydrogen-bond donors (Lipinski definition) is 2. The molecule has 1 saturated heterocycles. The highest BCUT2D eigenvalue weighted by atomic mass is 16.4. The highest BCUT2D eigenvalue weighted by molar-refractivity contribution is 5.95. The van der Waals surface area contributed by atoms with Crippen LogP contribution in [0.25, 0.3) is 0 Å². The first-order chi connectivity index (χ1) is 13.8. The zero-order chi connectivity index (χ0) is 21.0. The number of carboxylic acid groups (broad SMARTS) is 1. The van der Waals surface area contributed by atoms with E-state index in [0.29, 0.717) is 30.8 Å². The number of carbonyl (C=O) groups excluding carboxylic acids is 2. The summed E-state index contributed by atoms with van der Waals surface area (Å²) in [6.45, 7) is 4.83. The molecular weight excluding hydrogens is 374 g/mol. The molecule has 2 N–H and O–H groups in total. The summed E-state index contributed by atoms with van der Waals surface area (Å²) in [6, 6.07) is 5.77. The number of nitrogens with zero attached hydrogens (tertiary/aromatic N) is 4. The third kappa shape index (κ3) is 5.40. The number of aryl methyl sites for hydroxylation is 2. The molecule has 154 valence electrons. The molecule has 0 bridgehead atoms. The van der Waals surface area contributed by atoms with Crippen molar-refractivity contribution in [1.29, 1.82) is 0 Å². The first-order valence-electron chi connectivity index (χ1n) is 9.58. The summed E-state index contributed by atoms with van der Waals surface area (Å²) in [4.78, 5) is 37.9. The Balaban J connectivity index is 1.57. The second kappa shape index (κ2) is 8.85. The van der Waals surface area contributed by atoms with Gasteiger partial charge >= 0.3 is 5.97 Å². The van der Waals surface area contributed by atoms with Gasteiger partial charge in [-0.25, -0.2) is 4.68 Å². The number of likely N-dealkylation sites (tertiary alicyclic amines) is 1. The molecule has 0 aliphatic carbocycles. The van der Waals surface area contributed by atoms with Crippen molar-refractivity contribution in [3.63, 3.8) is 0 Å². The monoisotopic (exact) mass is 399 g/mol. The van der Waals surface area contributed by atoms with Crippen LogP contribution in [-0.4, -0.2) is 55.9 Å². The van der Waals surface area contributed by atoms with Crippen molar-refractivity contribution in [1.82, 2.24) is 25.2 Å². The third-order valence-corrected chi connectivity index (χ3v) is 4.88. The van der Waals surface area contributed by atoms with Crippen LogP contribution in [0.5, 0.6) is 0 Å². The van der Waals surface area contributed by atoms with Crippen LogP contribution in [-0.2, 0) is 22.7 Å². The lowest BCUT2D eigenvalue weighted by atomic mass is 9.96. The third-order valence-electron chi connectivity index (χ3n) is 4.88. The molecular formula is C20H25N5O4. The summed E-state index contributed by atoms with van der Waals surface area (Å²) >= 11 is 0. The topological polar surface area (TPSA) is 117 Å². The molecule has 1 aliphatic heterocycles. The van der Waals surface area contributed by atoms with Crippen molar-refractivity contribution >= 4 is 17.8 Å². The Morgan fingerprint density at radius 2 is 1.93 bits per heavy atom. The number of aromatic nitrogens is 3. The maximum atomic E-state index is 12.9. The van der Waals surface area contributed by atoms with Gasteiger partial charge in [-0.2, -0.15) is 0 Å². The maximum absolute atomic E-state index is 12.9. The van der Waals surface area contributed by atoms with Gasteiger partial charge in [-0.3, -0.25) is 14.4 Å². The van der Waals surface area contributed by atoms with Crippen molar-refractivity contribution in [2.75, 3.05) is 13.1 Å². The lowest BCUT2D eigenvalue weighted by Gasteiger charge is -2.32. The molecule has 2 amide bonds. The van der Waals surface area contributed by atoms with Crippen LogP contribution in [0.1, 0.15) is 40.0 Å².